The summed E-state index contributed by atoms with van der Waals surface area (Å²) < 4.78 is 1.81. The van der Waals surface area contributed by atoms with Crippen LogP contribution in [0.15, 0.2) is 67.0 Å². The van der Waals surface area contributed by atoms with Crippen LogP contribution in [0.2, 0.25) is 5.02 Å². The van der Waals surface area contributed by atoms with Crippen LogP contribution in [0, 0.1) is 0 Å². The molecule has 0 spiro atoms. The van der Waals surface area contributed by atoms with E-state index in [9.17, 15) is 4.79 Å². The molecule has 0 bridgehead atoms. The Morgan fingerprint density at radius 2 is 1.71 bits per heavy atom. The molecule has 3 aromatic rings. The number of carbonyl (C=O) groups excluding carboxylic acids is 1. The maximum absolute atomic E-state index is 12.5. The van der Waals surface area contributed by atoms with Gasteiger partial charge in [0.1, 0.15) is 0 Å². The Morgan fingerprint density at radius 1 is 1.00 bits per heavy atom. The van der Waals surface area contributed by atoms with Gasteiger partial charge in [0.15, 0.2) is 0 Å². The average Bonchev–Trinajstić information content (AvgIpc) is 3.22. The lowest BCUT2D eigenvalue weighted by atomic mass is 10.2. The van der Waals surface area contributed by atoms with Gasteiger partial charge >= 0.3 is 6.03 Å². The van der Waals surface area contributed by atoms with Gasteiger partial charge in [-0.2, -0.15) is 5.10 Å². The van der Waals surface area contributed by atoms with Crippen molar-refractivity contribution in [3.05, 3.63) is 77.6 Å². The van der Waals surface area contributed by atoms with E-state index in [0.29, 0.717) is 19.6 Å². The van der Waals surface area contributed by atoms with Gasteiger partial charge in [-0.3, -0.25) is 0 Å². The fraction of sp³-hybridized carbons (Fsp3) is 0.238. The van der Waals surface area contributed by atoms with Crippen LogP contribution in [0.1, 0.15) is 5.56 Å². The third-order valence-corrected chi connectivity index (χ3v) is 5.18. The molecule has 0 aliphatic carbocycles. The topological polar surface area (TPSA) is 53.4 Å². The minimum absolute atomic E-state index is 0.0498. The maximum Gasteiger partial charge on any atom is 0.317 e. The molecule has 0 atom stereocenters. The maximum atomic E-state index is 12.5. The van der Waals surface area contributed by atoms with E-state index in [-0.39, 0.29) is 6.03 Å². The normalized spacial score (nSPS) is 14.2. The summed E-state index contributed by atoms with van der Waals surface area (Å²) in [6.07, 6.45) is 3.72. The number of halogens is 1. The largest absolute Gasteiger partial charge is 0.367 e. The molecule has 1 fully saturated rings. The van der Waals surface area contributed by atoms with Gasteiger partial charge in [-0.05, 0) is 24.3 Å². The SMILES string of the molecule is O=C(NCc1cnn(-c2ccccc2)c1)N1CCN(c2ccccc2Cl)CC1. The minimum Gasteiger partial charge on any atom is -0.367 e. The molecule has 1 saturated heterocycles. The van der Waals surface area contributed by atoms with Crippen LogP contribution >= 0.6 is 11.6 Å². The Bertz CT molecular complexity index is 935. The molecule has 0 saturated carbocycles. The van der Waals surface area contributed by atoms with Crippen LogP contribution in [0.25, 0.3) is 5.69 Å². The van der Waals surface area contributed by atoms with Crippen LogP contribution in [0.5, 0.6) is 0 Å². The Hall–Kier alpha value is -2.99. The number of hydrogen-bond acceptors (Lipinski definition) is 3. The molecule has 4 rings (SSSR count). The molecule has 6 nitrogen and oxygen atoms in total. The van der Waals surface area contributed by atoms with E-state index < -0.39 is 0 Å². The average molecular weight is 396 g/mol. The van der Waals surface area contributed by atoms with E-state index in [1.54, 1.807) is 6.20 Å². The number of piperazine rings is 1. The highest BCUT2D eigenvalue weighted by molar-refractivity contribution is 6.33. The summed E-state index contributed by atoms with van der Waals surface area (Å²) in [5.74, 6) is 0. The zero-order chi connectivity index (χ0) is 19.3. The summed E-state index contributed by atoms with van der Waals surface area (Å²) in [7, 11) is 0. The number of aromatic nitrogens is 2. The monoisotopic (exact) mass is 395 g/mol. The van der Waals surface area contributed by atoms with Crippen LogP contribution in [0.4, 0.5) is 10.5 Å². The molecule has 144 valence electrons. The number of carbonyl (C=O) groups is 1. The Balaban J connectivity index is 1.28. The lowest BCUT2D eigenvalue weighted by molar-refractivity contribution is 0.194. The molecular formula is C21H22ClN5O. The zero-order valence-corrected chi connectivity index (χ0v) is 16.2. The molecule has 0 radical (unpaired) electrons. The van der Waals surface area contributed by atoms with E-state index in [4.69, 9.17) is 11.6 Å². The van der Waals surface area contributed by atoms with Crippen molar-refractivity contribution in [2.24, 2.45) is 0 Å². The van der Waals surface area contributed by atoms with Crippen molar-refractivity contribution in [2.45, 2.75) is 6.54 Å². The molecule has 7 heteroatoms. The second-order valence-electron chi connectivity index (χ2n) is 6.71. The van der Waals surface area contributed by atoms with Gasteiger partial charge < -0.3 is 15.1 Å². The predicted octanol–water partition coefficient (Wildman–Crippen LogP) is 3.56. The van der Waals surface area contributed by atoms with Gasteiger partial charge in [0.2, 0.25) is 0 Å². The second kappa shape index (κ2) is 8.35. The number of nitrogens with zero attached hydrogens (tertiary/aromatic N) is 4. The van der Waals surface area contributed by atoms with Gasteiger partial charge in [-0.25, -0.2) is 9.48 Å². The summed E-state index contributed by atoms with van der Waals surface area (Å²) in [5, 5.41) is 8.10. The van der Waals surface area contributed by atoms with Gasteiger partial charge in [0.05, 0.1) is 22.6 Å². The highest BCUT2D eigenvalue weighted by atomic mass is 35.5. The first-order chi connectivity index (χ1) is 13.7. The van der Waals surface area contributed by atoms with E-state index in [1.807, 2.05) is 70.4 Å². The number of para-hydroxylation sites is 2. The Kier molecular flexibility index (Phi) is 5.48. The molecule has 1 N–H and O–H groups in total. The lowest BCUT2D eigenvalue weighted by Crippen LogP contribution is -2.51. The predicted molar refractivity (Wildman–Crippen MR) is 111 cm³/mol. The van der Waals surface area contributed by atoms with Crippen molar-refractivity contribution in [1.82, 2.24) is 20.0 Å². The van der Waals surface area contributed by atoms with E-state index in [1.165, 1.54) is 0 Å². The van der Waals surface area contributed by atoms with Crippen molar-refractivity contribution >= 4 is 23.3 Å². The Morgan fingerprint density at radius 3 is 2.46 bits per heavy atom. The highest BCUT2D eigenvalue weighted by Gasteiger charge is 2.22. The van der Waals surface area contributed by atoms with Crippen molar-refractivity contribution in [3.8, 4) is 5.69 Å². The van der Waals surface area contributed by atoms with Crippen LogP contribution in [-0.2, 0) is 6.54 Å². The van der Waals surface area contributed by atoms with Crippen molar-refractivity contribution < 1.29 is 4.79 Å². The molecule has 1 aromatic heterocycles. The van der Waals surface area contributed by atoms with Gasteiger partial charge in [0.25, 0.3) is 0 Å². The molecule has 28 heavy (non-hydrogen) atoms. The zero-order valence-electron chi connectivity index (χ0n) is 15.5. The highest BCUT2D eigenvalue weighted by Crippen LogP contribution is 2.26. The van der Waals surface area contributed by atoms with Crippen LogP contribution in [-0.4, -0.2) is 46.9 Å². The van der Waals surface area contributed by atoms with E-state index in [0.717, 1.165) is 35.1 Å². The fourth-order valence-corrected chi connectivity index (χ4v) is 3.58. The summed E-state index contributed by atoms with van der Waals surface area (Å²) in [5.41, 5.74) is 2.99. The first kappa shape index (κ1) is 18.4. The number of benzene rings is 2. The summed E-state index contributed by atoms with van der Waals surface area (Å²) in [4.78, 5) is 16.6. The first-order valence-electron chi connectivity index (χ1n) is 9.32. The van der Waals surface area contributed by atoms with Crippen molar-refractivity contribution in [3.63, 3.8) is 0 Å². The van der Waals surface area contributed by atoms with Gasteiger partial charge in [-0.15, -0.1) is 0 Å². The molecule has 2 aromatic carbocycles. The minimum atomic E-state index is -0.0498. The lowest BCUT2D eigenvalue weighted by Gasteiger charge is -2.36. The fourth-order valence-electron chi connectivity index (χ4n) is 3.32. The van der Waals surface area contributed by atoms with Crippen LogP contribution < -0.4 is 10.2 Å². The number of hydrogen-bond donors (Lipinski definition) is 1. The van der Waals surface area contributed by atoms with Gasteiger partial charge in [-0.1, -0.05) is 41.9 Å². The molecule has 1 aliphatic rings. The molecule has 0 unspecified atom stereocenters. The van der Waals surface area contributed by atoms with Gasteiger partial charge in [0, 0.05) is 44.5 Å². The molecule has 1 aliphatic heterocycles. The number of urea groups is 1. The first-order valence-corrected chi connectivity index (χ1v) is 9.70. The molecular weight excluding hydrogens is 374 g/mol. The standard InChI is InChI=1S/C21H22ClN5O/c22-19-8-4-5-9-20(19)25-10-12-26(13-11-25)21(28)23-14-17-15-24-27(16-17)18-6-2-1-3-7-18/h1-9,15-16H,10-14H2,(H,23,28). The third kappa shape index (κ3) is 4.12. The third-order valence-electron chi connectivity index (χ3n) is 4.86. The summed E-state index contributed by atoms with van der Waals surface area (Å²) >= 11 is 6.28. The molecule has 2 amide bonds. The quantitative estimate of drug-likeness (QED) is 0.734. The van der Waals surface area contributed by atoms with Crippen LogP contribution in [0.3, 0.4) is 0 Å². The number of nitrogens with one attached hydrogen (secondary N) is 1. The van der Waals surface area contributed by atoms with E-state index >= 15 is 0 Å². The summed E-state index contributed by atoms with van der Waals surface area (Å²) in [6.45, 7) is 3.32. The Labute approximate surface area is 169 Å². The number of rotatable bonds is 4. The second-order valence-corrected chi connectivity index (χ2v) is 7.12. The summed E-state index contributed by atoms with van der Waals surface area (Å²) in [6, 6.07) is 17.7. The van der Waals surface area contributed by atoms with Crippen molar-refractivity contribution in [2.75, 3.05) is 31.1 Å². The molecule has 2 heterocycles. The van der Waals surface area contributed by atoms with E-state index in [2.05, 4.69) is 15.3 Å². The smallest absolute Gasteiger partial charge is 0.317 e. The number of amides is 2. The number of anilines is 1. The van der Waals surface area contributed by atoms with Crippen molar-refractivity contribution in [1.29, 1.82) is 0 Å².